The number of nitrogens with one attached hydrogen (secondary N) is 2. The Morgan fingerprint density at radius 1 is 1.04 bits per heavy atom. The van der Waals surface area contributed by atoms with Gasteiger partial charge in [0.05, 0.1) is 6.04 Å². The molecule has 142 valence electrons. The number of fused-ring (bicyclic) bond motifs is 1. The molecule has 2 saturated heterocycles. The standard InChI is InChI=1S/C21H37N3O/c1-15-7-6-9-16-13-18(23-20(15)16)21(25)22-14-17-8-2-3-10-19(17)24-11-4-5-12-24/h15-20,23H,2-14H2,1H3,(H,22,25). The average Bonchev–Trinajstić information content (AvgIpc) is 3.30. The lowest BCUT2D eigenvalue weighted by Crippen LogP contribution is -2.49. The predicted molar refractivity (Wildman–Crippen MR) is 101 cm³/mol. The van der Waals surface area contributed by atoms with E-state index in [2.05, 4.69) is 22.5 Å². The summed E-state index contributed by atoms with van der Waals surface area (Å²) in [6.45, 7) is 5.80. The quantitative estimate of drug-likeness (QED) is 0.822. The molecule has 6 unspecified atom stereocenters. The van der Waals surface area contributed by atoms with Crippen LogP contribution in [0.25, 0.3) is 0 Å². The number of rotatable bonds is 4. The lowest BCUT2D eigenvalue weighted by molar-refractivity contribution is -0.123. The van der Waals surface area contributed by atoms with Gasteiger partial charge in [0, 0.05) is 18.6 Å². The van der Waals surface area contributed by atoms with Gasteiger partial charge in [-0.1, -0.05) is 26.2 Å². The van der Waals surface area contributed by atoms with Crippen molar-refractivity contribution in [3.63, 3.8) is 0 Å². The first-order valence-electron chi connectivity index (χ1n) is 11.0. The topological polar surface area (TPSA) is 44.4 Å². The minimum atomic E-state index is 0.0596. The zero-order valence-corrected chi connectivity index (χ0v) is 16.0. The highest BCUT2D eigenvalue weighted by Crippen LogP contribution is 2.37. The van der Waals surface area contributed by atoms with E-state index in [0.717, 1.165) is 30.8 Å². The van der Waals surface area contributed by atoms with Crippen molar-refractivity contribution >= 4 is 5.91 Å². The highest BCUT2D eigenvalue weighted by atomic mass is 16.2. The molecule has 2 aliphatic carbocycles. The van der Waals surface area contributed by atoms with Gasteiger partial charge in [0.1, 0.15) is 0 Å². The summed E-state index contributed by atoms with van der Waals surface area (Å²) < 4.78 is 0. The van der Waals surface area contributed by atoms with E-state index in [1.807, 2.05) is 0 Å². The van der Waals surface area contributed by atoms with Crippen LogP contribution in [0.5, 0.6) is 0 Å². The van der Waals surface area contributed by atoms with Crippen LogP contribution in [0.15, 0.2) is 0 Å². The molecule has 1 amide bonds. The zero-order valence-electron chi connectivity index (χ0n) is 16.0. The van der Waals surface area contributed by atoms with E-state index in [1.165, 1.54) is 70.9 Å². The van der Waals surface area contributed by atoms with Crippen LogP contribution < -0.4 is 10.6 Å². The van der Waals surface area contributed by atoms with Gasteiger partial charge in [0.2, 0.25) is 5.91 Å². The molecule has 0 aromatic heterocycles. The van der Waals surface area contributed by atoms with Gasteiger partial charge in [-0.25, -0.2) is 0 Å². The third-order valence-electron chi connectivity index (χ3n) is 7.62. The van der Waals surface area contributed by atoms with Gasteiger partial charge in [-0.3, -0.25) is 4.79 Å². The zero-order chi connectivity index (χ0) is 17.2. The molecular weight excluding hydrogens is 310 g/mol. The van der Waals surface area contributed by atoms with Gasteiger partial charge in [0.25, 0.3) is 0 Å². The Bertz CT molecular complexity index is 462. The molecule has 4 heteroatoms. The van der Waals surface area contributed by atoms with E-state index < -0.39 is 0 Å². The summed E-state index contributed by atoms with van der Waals surface area (Å²) in [6.07, 6.45) is 13.1. The molecule has 2 aliphatic heterocycles. The Balaban J connectivity index is 1.29. The SMILES string of the molecule is CC1CCCC2CC(C(=O)NCC3CCCCC3N3CCCC3)NC12. The van der Waals surface area contributed by atoms with Crippen LogP contribution in [0.3, 0.4) is 0 Å². The first kappa shape index (κ1) is 17.8. The molecule has 0 spiro atoms. The fourth-order valence-electron chi connectivity index (χ4n) is 6.21. The number of hydrogen-bond donors (Lipinski definition) is 2. The molecule has 4 rings (SSSR count). The van der Waals surface area contributed by atoms with E-state index in [9.17, 15) is 4.79 Å². The smallest absolute Gasteiger partial charge is 0.237 e. The van der Waals surface area contributed by atoms with E-state index in [1.54, 1.807) is 0 Å². The maximum Gasteiger partial charge on any atom is 0.237 e. The summed E-state index contributed by atoms with van der Waals surface area (Å²) in [5.41, 5.74) is 0. The molecule has 25 heavy (non-hydrogen) atoms. The van der Waals surface area contributed by atoms with Crippen LogP contribution in [0.4, 0.5) is 0 Å². The maximum absolute atomic E-state index is 12.8. The Morgan fingerprint density at radius 2 is 1.84 bits per heavy atom. The largest absolute Gasteiger partial charge is 0.354 e. The fourth-order valence-corrected chi connectivity index (χ4v) is 6.21. The Labute approximate surface area is 153 Å². The van der Waals surface area contributed by atoms with Crippen molar-refractivity contribution in [1.29, 1.82) is 0 Å². The summed E-state index contributed by atoms with van der Waals surface area (Å²) in [7, 11) is 0. The van der Waals surface area contributed by atoms with Crippen molar-refractivity contribution in [3.8, 4) is 0 Å². The number of carbonyl (C=O) groups is 1. The van der Waals surface area contributed by atoms with E-state index >= 15 is 0 Å². The second kappa shape index (κ2) is 7.96. The van der Waals surface area contributed by atoms with Crippen molar-refractivity contribution in [3.05, 3.63) is 0 Å². The molecule has 0 radical (unpaired) electrons. The average molecular weight is 348 g/mol. The summed E-state index contributed by atoms with van der Waals surface area (Å²) in [6, 6.07) is 1.36. The van der Waals surface area contributed by atoms with Crippen molar-refractivity contribution in [2.75, 3.05) is 19.6 Å². The number of carbonyl (C=O) groups excluding carboxylic acids is 1. The summed E-state index contributed by atoms with van der Waals surface area (Å²) in [5, 5.41) is 7.02. The third kappa shape index (κ3) is 3.90. The van der Waals surface area contributed by atoms with Crippen molar-refractivity contribution in [1.82, 2.24) is 15.5 Å². The van der Waals surface area contributed by atoms with E-state index in [-0.39, 0.29) is 11.9 Å². The molecule has 0 bridgehead atoms. The van der Waals surface area contributed by atoms with Gasteiger partial charge in [-0.05, 0) is 75.8 Å². The highest BCUT2D eigenvalue weighted by molar-refractivity contribution is 5.82. The van der Waals surface area contributed by atoms with E-state index in [0.29, 0.717) is 12.0 Å². The minimum absolute atomic E-state index is 0.0596. The van der Waals surface area contributed by atoms with Gasteiger partial charge < -0.3 is 15.5 Å². The molecule has 0 aromatic rings. The van der Waals surface area contributed by atoms with Crippen molar-refractivity contribution in [2.45, 2.75) is 89.3 Å². The van der Waals surface area contributed by atoms with Crippen LogP contribution in [0.1, 0.15) is 71.1 Å². The molecule has 2 saturated carbocycles. The summed E-state index contributed by atoms with van der Waals surface area (Å²) in [5.74, 6) is 2.40. The lowest BCUT2D eigenvalue weighted by atomic mass is 9.78. The molecule has 4 aliphatic rings. The second-order valence-corrected chi connectivity index (χ2v) is 9.25. The molecule has 0 aromatic carbocycles. The Morgan fingerprint density at radius 3 is 2.64 bits per heavy atom. The first-order valence-corrected chi connectivity index (χ1v) is 11.0. The Kier molecular flexibility index (Phi) is 5.66. The molecule has 4 fully saturated rings. The highest BCUT2D eigenvalue weighted by Gasteiger charge is 2.41. The number of nitrogens with zero attached hydrogens (tertiary/aromatic N) is 1. The summed E-state index contributed by atoms with van der Waals surface area (Å²) >= 11 is 0. The van der Waals surface area contributed by atoms with Crippen LogP contribution in [0, 0.1) is 17.8 Å². The monoisotopic (exact) mass is 347 g/mol. The van der Waals surface area contributed by atoms with Crippen LogP contribution in [-0.2, 0) is 4.79 Å². The minimum Gasteiger partial charge on any atom is -0.354 e. The Hall–Kier alpha value is -0.610. The van der Waals surface area contributed by atoms with Gasteiger partial charge in [0.15, 0.2) is 0 Å². The molecular formula is C21H37N3O. The van der Waals surface area contributed by atoms with Gasteiger partial charge in [-0.2, -0.15) is 0 Å². The number of amides is 1. The summed E-state index contributed by atoms with van der Waals surface area (Å²) in [4.78, 5) is 15.5. The van der Waals surface area contributed by atoms with E-state index in [4.69, 9.17) is 0 Å². The molecule has 4 nitrogen and oxygen atoms in total. The second-order valence-electron chi connectivity index (χ2n) is 9.25. The predicted octanol–water partition coefficient (Wildman–Crippen LogP) is 2.92. The molecule has 2 N–H and O–H groups in total. The maximum atomic E-state index is 12.8. The first-order chi connectivity index (χ1) is 12.2. The molecule has 6 atom stereocenters. The van der Waals surface area contributed by atoms with Crippen LogP contribution in [-0.4, -0.2) is 48.6 Å². The molecule has 2 heterocycles. The van der Waals surface area contributed by atoms with Crippen LogP contribution in [0.2, 0.25) is 0 Å². The van der Waals surface area contributed by atoms with Crippen molar-refractivity contribution < 1.29 is 4.79 Å². The normalized spacial score (nSPS) is 42.3. The number of likely N-dealkylation sites (tertiary alicyclic amines) is 1. The van der Waals surface area contributed by atoms with Crippen molar-refractivity contribution in [2.24, 2.45) is 17.8 Å². The third-order valence-corrected chi connectivity index (χ3v) is 7.62. The number of hydrogen-bond acceptors (Lipinski definition) is 3. The van der Waals surface area contributed by atoms with Gasteiger partial charge >= 0.3 is 0 Å². The fraction of sp³-hybridized carbons (Fsp3) is 0.952. The lowest BCUT2D eigenvalue weighted by Gasteiger charge is -2.38. The van der Waals surface area contributed by atoms with Gasteiger partial charge in [-0.15, -0.1) is 0 Å². The van der Waals surface area contributed by atoms with Crippen LogP contribution >= 0.6 is 0 Å².